The molecule has 128 valence electrons. The van der Waals surface area contributed by atoms with Gasteiger partial charge in [-0.1, -0.05) is 0 Å². The van der Waals surface area contributed by atoms with Gasteiger partial charge in [0.15, 0.2) is 0 Å². The molecule has 0 aliphatic carbocycles. The maximum Gasteiger partial charge on any atom is 0.466 e. The van der Waals surface area contributed by atoms with Crippen molar-refractivity contribution in [3.05, 3.63) is 0 Å². The molecule has 2 aliphatic heterocycles. The molecular formula is C11H23N4O6P. The van der Waals surface area contributed by atoms with Crippen molar-refractivity contribution >= 4 is 19.9 Å². The molecular weight excluding hydrogens is 315 g/mol. The van der Waals surface area contributed by atoms with Gasteiger partial charge in [0.2, 0.25) is 0 Å². The molecule has 0 aromatic rings. The fourth-order valence-electron chi connectivity index (χ4n) is 2.98. The third-order valence-corrected chi connectivity index (χ3v) is 3.10. The minimum Gasteiger partial charge on any atom is -0.333 e. The van der Waals surface area contributed by atoms with Crippen LogP contribution in [0.25, 0.3) is 0 Å². The van der Waals surface area contributed by atoms with Crippen molar-refractivity contribution < 1.29 is 28.8 Å². The van der Waals surface area contributed by atoms with E-state index in [1.54, 1.807) is 0 Å². The van der Waals surface area contributed by atoms with Gasteiger partial charge in [-0.2, -0.15) is 0 Å². The molecule has 2 aliphatic rings. The SMILES string of the molecule is CC1(C)CC2(CC(C)(C)NC(=O)N2)NC(=O)N1.O=P(O)(O)O. The molecule has 11 heteroatoms. The number of hydrogen-bond donors (Lipinski definition) is 7. The maximum atomic E-state index is 11.7. The van der Waals surface area contributed by atoms with E-state index < -0.39 is 13.5 Å². The molecule has 0 saturated carbocycles. The standard InChI is InChI=1S/C11H20N4O2.H3O4P/c1-9(2)5-11(14-7(16)12-9)6-10(3,4)13-8(17)15-11;1-5(2,3)4/h5-6H2,1-4H3,(H2,12,14,16)(H2,13,15,17);(H3,1,2,3,4). The molecule has 2 fully saturated rings. The van der Waals surface area contributed by atoms with Crippen molar-refractivity contribution in [2.24, 2.45) is 0 Å². The third-order valence-electron chi connectivity index (χ3n) is 3.10. The molecule has 2 saturated heterocycles. The van der Waals surface area contributed by atoms with Crippen LogP contribution in [-0.4, -0.2) is 43.5 Å². The summed E-state index contributed by atoms with van der Waals surface area (Å²) in [6.07, 6.45) is 1.31. The van der Waals surface area contributed by atoms with E-state index in [0.29, 0.717) is 12.8 Å². The summed E-state index contributed by atoms with van der Waals surface area (Å²) >= 11 is 0. The van der Waals surface area contributed by atoms with Crippen LogP contribution >= 0.6 is 7.82 Å². The Balaban J connectivity index is 0.000000422. The Kier molecular flexibility index (Phi) is 4.84. The maximum absolute atomic E-state index is 11.7. The summed E-state index contributed by atoms with van der Waals surface area (Å²) in [5.74, 6) is 0. The van der Waals surface area contributed by atoms with E-state index in [-0.39, 0.29) is 23.1 Å². The van der Waals surface area contributed by atoms with Crippen LogP contribution in [0.15, 0.2) is 0 Å². The number of rotatable bonds is 0. The van der Waals surface area contributed by atoms with Gasteiger partial charge in [0, 0.05) is 23.9 Å². The van der Waals surface area contributed by atoms with Crippen LogP contribution in [0.1, 0.15) is 40.5 Å². The Bertz CT molecular complexity index is 470. The molecule has 0 aromatic carbocycles. The highest BCUT2D eigenvalue weighted by Gasteiger charge is 2.49. The van der Waals surface area contributed by atoms with Gasteiger partial charge in [0.25, 0.3) is 0 Å². The Morgan fingerprint density at radius 2 is 1.09 bits per heavy atom. The van der Waals surface area contributed by atoms with Crippen LogP contribution in [0.2, 0.25) is 0 Å². The Labute approximate surface area is 128 Å². The molecule has 10 nitrogen and oxygen atoms in total. The highest BCUT2D eigenvalue weighted by atomic mass is 31.2. The Morgan fingerprint density at radius 1 is 0.818 bits per heavy atom. The average Bonchev–Trinajstić information content (AvgIpc) is 2.03. The van der Waals surface area contributed by atoms with Crippen LogP contribution in [-0.2, 0) is 4.57 Å². The van der Waals surface area contributed by atoms with Crippen molar-refractivity contribution in [1.29, 1.82) is 0 Å². The van der Waals surface area contributed by atoms with Gasteiger partial charge in [0.05, 0.1) is 0 Å². The Morgan fingerprint density at radius 3 is 1.32 bits per heavy atom. The van der Waals surface area contributed by atoms with Gasteiger partial charge in [0.1, 0.15) is 5.66 Å². The zero-order valence-corrected chi connectivity index (χ0v) is 13.8. The molecule has 0 aromatic heterocycles. The zero-order valence-electron chi connectivity index (χ0n) is 12.9. The summed E-state index contributed by atoms with van der Waals surface area (Å²) in [6, 6.07) is -0.474. The summed E-state index contributed by atoms with van der Waals surface area (Å²) in [6.45, 7) is 7.81. The van der Waals surface area contributed by atoms with Crippen LogP contribution in [0.5, 0.6) is 0 Å². The zero-order chi connectivity index (χ0) is 17.4. The topological polar surface area (TPSA) is 160 Å². The highest BCUT2D eigenvalue weighted by Crippen LogP contribution is 2.31. The van der Waals surface area contributed by atoms with Gasteiger partial charge in [-0.25, -0.2) is 14.2 Å². The number of carbonyl (C=O) groups is 2. The monoisotopic (exact) mass is 338 g/mol. The molecule has 0 bridgehead atoms. The van der Waals surface area contributed by atoms with E-state index in [1.807, 2.05) is 27.7 Å². The van der Waals surface area contributed by atoms with Crippen molar-refractivity contribution in [3.8, 4) is 0 Å². The molecule has 22 heavy (non-hydrogen) atoms. The Hall–Kier alpha value is -1.35. The average molecular weight is 338 g/mol. The van der Waals surface area contributed by atoms with Crippen molar-refractivity contribution in [2.45, 2.75) is 57.3 Å². The fourth-order valence-corrected chi connectivity index (χ4v) is 2.98. The van der Waals surface area contributed by atoms with Gasteiger partial charge in [-0.15, -0.1) is 0 Å². The first kappa shape index (κ1) is 18.7. The number of amides is 4. The summed E-state index contributed by atoms with van der Waals surface area (Å²) < 4.78 is 8.88. The first-order valence-electron chi connectivity index (χ1n) is 6.61. The highest BCUT2D eigenvalue weighted by molar-refractivity contribution is 7.45. The minimum atomic E-state index is -4.64. The molecule has 0 unspecified atom stereocenters. The summed E-state index contributed by atoms with van der Waals surface area (Å²) in [4.78, 5) is 44.9. The van der Waals surface area contributed by atoms with Crippen LogP contribution < -0.4 is 21.3 Å². The molecule has 2 heterocycles. The largest absolute Gasteiger partial charge is 0.466 e. The summed E-state index contributed by atoms with van der Waals surface area (Å²) in [5.41, 5.74) is -1.32. The smallest absolute Gasteiger partial charge is 0.333 e. The number of carbonyl (C=O) groups excluding carboxylic acids is 2. The van der Waals surface area contributed by atoms with Crippen LogP contribution in [0.4, 0.5) is 9.59 Å². The quantitative estimate of drug-likeness (QED) is 0.301. The molecule has 1 spiro atoms. The molecule has 2 rings (SSSR count). The lowest BCUT2D eigenvalue weighted by Gasteiger charge is -2.51. The van der Waals surface area contributed by atoms with E-state index in [0.717, 1.165) is 0 Å². The summed E-state index contributed by atoms with van der Waals surface area (Å²) in [7, 11) is -4.64. The lowest BCUT2D eigenvalue weighted by molar-refractivity contribution is 0.0929. The number of phosphoric acid groups is 1. The predicted molar refractivity (Wildman–Crippen MR) is 77.7 cm³/mol. The molecule has 0 atom stereocenters. The third kappa shape index (κ3) is 6.18. The summed E-state index contributed by atoms with van der Waals surface area (Å²) in [5, 5.41) is 11.4. The van der Waals surface area contributed by atoms with Crippen molar-refractivity contribution in [3.63, 3.8) is 0 Å². The van der Waals surface area contributed by atoms with E-state index in [1.165, 1.54) is 0 Å². The van der Waals surface area contributed by atoms with E-state index in [4.69, 9.17) is 19.2 Å². The fraction of sp³-hybridized carbons (Fsp3) is 0.818. The first-order valence-corrected chi connectivity index (χ1v) is 8.17. The first-order chi connectivity index (χ1) is 9.62. The second kappa shape index (κ2) is 5.69. The van der Waals surface area contributed by atoms with E-state index >= 15 is 0 Å². The van der Waals surface area contributed by atoms with Gasteiger partial charge < -0.3 is 35.9 Å². The number of hydrogen-bond acceptors (Lipinski definition) is 3. The van der Waals surface area contributed by atoms with Crippen molar-refractivity contribution in [2.75, 3.05) is 0 Å². The van der Waals surface area contributed by atoms with E-state index in [9.17, 15) is 9.59 Å². The number of urea groups is 2. The molecule has 7 N–H and O–H groups in total. The second-order valence-corrected chi connectivity index (χ2v) is 7.90. The van der Waals surface area contributed by atoms with Crippen LogP contribution in [0.3, 0.4) is 0 Å². The van der Waals surface area contributed by atoms with Gasteiger partial charge in [-0.05, 0) is 27.7 Å². The predicted octanol–water partition coefficient (Wildman–Crippen LogP) is -0.283. The normalized spacial score (nSPS) is 24.9. The lowest BCUT2D eigenvalue weighted by atomic mass is 9.79. The van der Waals surface area contributed by atoms with Gasteiger partial charge >= 0.3 is 19.9 Å². The van der Waals surface area contributed by atoms with Crippen molar-refractivity contribution in [1.82, 2.24) is 21.3 Å². The minimum absolute atomic E-state index is 0.237. The van der Waals surface area contributed by atoms with Gasteiger partial charge in [-0.3, -0.25) is 0 Å². The molecule has 0 radical (unpaired) electrons. The number of nitrogens with one attached hydrogen (secondary N) is 4. The van der Waals surface area contributed by atoms with E-state index in [2.05, 4.69) is 21.3 Å². The molecule has 4 amide bonds. The second-order valence-electron chi connectivity index (χ2n) is 6.87. The van der Waals surface area contributed by atoms with Crippen LogP contribution in [0, 0.1) is 0 Å². The lowest BCUT2D eigenvalue weighted by Crippen LogP contribution is -2.78.